The van der Waals surface area contributed by atoms with E-state index in [0.717, 1.165) is 55.4 Å². The molecule has 1 unspecified atom stereocenters. The summed E-state index contributed by atoms with van der Waals surface area (Å²) in [4.78, 5) is 11.8. The van der Waals surface area contributed by atoms with E-state index in [1.165, 1.54) is 12.8 Å². The zero-order valence-corrected chi connectivity index (χ0v) is 13.3. The minimum atomic E-state index is -0.541. The molecule has 2 heterocycles. The maximum Gasteiger partial charge on any atom is 0.137 e. The van der Waals surface area contributed by atoms with Crippen LogP contribution in [0.2, 0.25) is 0 Å². The summed E-state index contributed by atoms with van der Waals surface area (Å²) in [6.07, 6.45) is 5.08. The number of nitrogens with one attached hydrogen (secondary N) is 1. The Balaban J connectivity index is 1.91. The third-order valence-corrected chi connectivity index (χ3v) is 4.68. The number of aliphatic hydroxyl groups is 1. The lowest BCUT2D eigenvalue weighted by molar-refractivity contribution is 0.0481. The first-order chi connectivity index (χ1) is 10.00. The van der Waals surface area contributed by atoms with Gasteiger partial charge in [0.25, 0.3) is 0 Å². The van der Waals surface area contributed by atoms with Gasteiger partial charge in [-0.25, -0.2) is 9.97 Å². The highest BCUT2D eigenvalue weighted by molar-refractivity contribution is 5.59. The van der Waals surface area contributed by atoms with Gasteiger partial charge in [0.2, 0.25) is 0 Å². The van der Waals surface area contributed by atoms with E-state index >= 15 is 0 Å². The Labute approximate surface area is 126 Å². The molecule has 2 aliphatic rings. The summed E-state index contributed by atoms with van der Waals surface area (Å²) >= 11 is 0. The first kappa shape index (κ1) is 14.6. The molecule has 0 amide bonds. The van der Waals surface area contributed by atoms with Gasteiger partial charge in [-0.05, 0) is 46.0 Å². The summed E-state index contributed by atoms with van der Waals surface area (Å²) in [6.45, 7) is 5.85. The zero-order chi connectivity index (χ0) is 15.0. The SMILES string of the molecule is CNc1nc(C2CC2)nc(N2CCCC(C)(O)CC2)c1C. The van der Waals surface area contributed by atoms with Crippen molar-refractivity contribution in [3.63, 3.8) is 0 Å². The van der Waals surface area contributed by atoms with Crippen LogP contribution in [-0.2, 0) is 0 Å². The van der Waals surface area contributed by atoms with E-state index in [1.54, 1.807) is 0 Å². The Morgan fingerprint density at radius 3 is 2.67 bits per heavy atom. The van der Waals surface area contributed by atoms with Gasteiger partial charge < -0.3 is 15.3 Å². The molecule has 5 heteroatoms. The number of aromatic nitrogens is 2. The Morgan fingerprint density at radius 1 is 1.24 bits per heavy atom. The molecule has 1 aliphatic carbocycles. The Hall–Kier alpha value is -1.36. The maximum absolute atomic E-state index is 10.3. The summed E-state index contributed by atoms with van der Waals surface area (Å²) in [5.41, 5.74) is 0.573. The van der Waals surface area contributed by atoms with Gasteiger partial charge >= 0.3 is 0 Å². The smallest absolute Gasteiger partial charge is 0.137 e. The van der Waals surface area contributed by atoms with Crippen LogP contribution < -0.4 is 10.2 Å². The van der Waals surface area contributed by atoms with E-state index in [4.69, 9.17) is 4.98 Å². The van der Waals surface area contributed by atoms with Crippen LogP contribution >= 0.6 is 0 Å². The van der Waals surface area contributed by atoms with Crippen molar-refractivity contribution in [2.45, 2.75) is 57.5 Å². The van der Waals surface area contributed by atoms with Gasteiger partial charge in [0, 0.05) is 31.6 Å². The molecular formula is C16H26N4O. The molecule has 21 heavy (non-hydrogen) atoms. The van der Waals surface area contributed by atoms with Crippen LogP contribution in [0.25, 0.3) is 0 Å². The Bertz CT molecular complexity index is 525. The third-order valence-electron chi connectivity index (χ3n) is 4.68. The fourth-order valence-electron chi connectivity index (χ4n) is 3.07. The number of rotatable bonds is 3. The van der Waals surface area contributed by atoms with E-state index in [0.29, 0.717) is 5.92 Å². The average molecular weight is 290 g/mol. The van der Waals surface area contributed by atoms with Gasteiger partial charge in [-0.3, -0.25) is 0 Å². The summed E-state index contributed by atoms with van der Waals surface area (Å²) in [5, 5.41) is 13.5. The molecule has 1 aliphatic heterocycles. The lowest BCUT2D eigenvalue weighted by atomic mass is 9.98. The van der Waals surface area contributed by atoms with Gasteiger partial charge in [-0.15, -0.1) is 0 Å². The van der Waals surface area contributed by atoms with Gasteiger partial charge in [0.05, 0.1) is 5.60 Å². The van der Waals surface area contributed by atoms with Crippen molar-refractivity contribution in [3.8, 4) is 0 Å². The number of nitrogens with zero attached hydrogens (tertiary/aromatic N) is 3. The minimum absolute atomic E-state index is 0.541. The van der Waals surface area contributed by atoms with E-state index in [2.05, 4.69) is 22.1 Å². The van der Waals surface area contributed by atoms with Crippen molar-refractivity contribution in [1.29, 1.82) is 0 Å². The molecule has 2 fully saturated rings. The fraction of sp³-hybridized carbons (Fsp3) is 0.750. The van der Waals surface area contributed by atoms with Crippen molar-refractivity contribution in [1.82, 2.24) is 9.97 Å². The summed E-state index contributed by atoms with van der Waals surface area (Å²) in [7, 11) is 1.92. The van der Waals surface area contributed by atoms with E-state index in [9.17, 15) is 5.11 Å². The second-order valence-electron chi connectivity index (χ2n) is 6.74. The highest BCUT2D eigenvalue weighted by Gasteiger charge is 2.30. The molecule has 2 N–H and O–H groups in total. The molecule has 3 rings (SSSR count). The van der Waals surface area contributed by atoms with Gasteiger partial charge in [0.1, 0.15) is 17.5 Å². The topological polar surface area (TPSA) is 61.3 Å². The molecule has 0 spiro atoms. The zero-order valence-electron chi connectivity index (χ0n) is 13.3. The maximum atomic E-state index is 10.3. The van der Waals surface area contributed by atoms with Crippen LogP contribution in [0, 0.1) is 6.92 Å². The number of anilines is 2. The van der Waals surface area contributed by atoms with Crippen LogP contribution in [0.1, 0.15) is 56.3 Å². The molecule has 0 radical (unpaired) electrons. The summed E-state index contributed by atoms with van der Waals surface area (Å²) < 4.78 is 0. The molecule has 1 aromatic heterocycles. The molecule has 1 atom stereocenters. The van der Waals surface area contributed by atoms with E-state index in [1.807, 2.05) is 14.0 Å². The molecule has 116 valence electrons. The minimum Gasteiger partial charge on any atom is -0.390 e. The standard InChI is InChI=1S/C16H26N4O/c1-11-13(17-3)18-14(12-5-6-12)19-15(11)20-9-4-7-16(2,21)8-10-20/h12,21H,4-10H2,1-3H3,(H,17,18,19). The second-order valence-corrected chi connectivity index (χ2v) is 6.74. The number of hydrogen-bond acceptors (Lipinski definition) is 5. The summed E-state index contributed by atoms with van der Waals surface area (Å²) in [6, 6.07) is 0. The highest BCUT2D eigenvalue weighted by Crippen LogP contribution is 2.40. The van der Waals surface area contributed by atoms with Crippen LogP contribution in [0.3, 0.4) is 0 Å². The van der Waals surface area contributed by atoms with Crippen LogP contribution in [0.5, 0.6) is 0 Å². The van der Waals surface area contributed by atoms with Crippen molar-refractivity contribution in [2.24, 2.45) is 0 Å². The highest BCUT2D eigenvalue weighted by atomic mass is 16.3. The summed E-state index contributed by atoms with van der Waals surface area (Å²) in [5.74, 6) is 3.52. The molecule has 1 saturated carbocycles. The lowest BCUT2D eigenvalue weighted by Gasteiger charge is -2.26. The predicted octanol–water partition coefficient (Wildman–Crippen LogP) is 2.45. The predicted molar refractivity (Wildman–Crippen MR) is 85.0 cm³/mol. The monoisotopic (exact) mass is 290 g/mol. The average Bonchev–Trinajstić information content (AvgIpc) is 3.27. The van der Waals surface area contributed by atoms with Crippen molar-refractivity contribution in [3.05, 3.63) is 11.4 Å². The van der Waals surface area contributed by atoms with Gasteiger partial charge in [-0.1, -0.05) is 0 Å². The van der Waals surface area contributed by atoms with Crippen molar-refractivity contribution in [2.75, 3.05) is 30.4 Å². The normalized spacial score (nSPS) is 26.6. The Kier molecular flexibility index (Phi) is 3.78. The van der Waals surface area contributed by atoms with Crippen molar-refractivity contribution < 1.29 is 5.11 Å². The Morgan fingerprint density at radius 2 is 2.00 bits per heavy atom. The first-order valence-corrected chi connectivity index (χ1v) is 8.04. The molecule has 1 aromatic rings. The molecule has 0 aromatic carbocycles. The van der Waals surface area contributed by atoms with Crippen LogP contribution in [-0.4, -0.2) is 40.8 Å². The number of hydrogen-bond donors (Lipinski definition) is 2. The lowest BCUT2D eigenvalue weighted by Crippen LogP contribution is -2.29. The third kappa shape index (κ3) is 3.12. The molecule has 0 bridgehead atoms. The van der Waals surface area contributed by atoms with E-state index < -0.39 is 5.60 Å². The molecule has 5 nitrogen and oxygen atoms in total. The largest absolute Gasteiger partial charge is 0.390 e. The van der Waals surface area contributed by atoms with E-state index in [-0.39, 0.29) is 0 Å². The quantitative estimate of drug-likeness (QED) is 0.895. The van der Waals surface area contributed by atoms with Crippen LogP contribution in [0.4, 0.5) is 11.6 Å². The fourth-order valence-corrected chi connectivity index (χ4v) is 3.07. The molecular weight excluding hydrogens is 264 g/mol. The first-order valence-electron chi connectivity index (χ1n) is 8.04. The van der Waals surface area contributed by atoms with Crippen molar-refractivity contribution >= 4 is 11.6 Å². The van der Waals surface area contributed by atoms with Gasteiger partial charge in [-0.2, -0.15) is 0 Å². The van der Waals surface area contributed by atoms with Gasteiger partial charge in [0.15, 0.2) is 0 Å². The molecule has 1 saturated heterocycles. The second kappa shape index (κ2) is 5.44. The van der Waals surface area contributed by atoms with Crippen LogP contribution in [0.15, 0.2) is 0 Å².